The summed E-state index contributed by atoms with van der Waals surface area (Å²) >= 11 is 5.94. The maximum Gasteiger partial charge on any atom is 0.211 e. The van der Waals surface area contributed by atoms with Crippen LogP contribution in [0.3, 0.4) is 0 Å². The summed E-state index contributed by atoms with van der Waals surface area (Å²) in [5.41, 5.74) is 0.671. The molecule has 0 aromatic heterocycles. The maximum atomic E-state index is 12.9. The van der Waals surface area contributed by atoms with Gasteiger partial charge >= 0.3 is 0 Å². The van der Waals surface area contributed by atoms with Gasteiger partial charge in [0.15, 0.2) is 0 Å². The zero-order valence-electron chi connectivity index (χ0n) is 11.3. The molecular weight excluding hydrogens is 303 g/mol. The summed E-state index contributed by atoms with van der Waals surface area (Å²) < 4.78 is 37.5. The van der Waals surface area contributed by atoms with Gasteiger partial charge < -0.3 is 5.32 Å². The van der Waals surface area contributed by atoms with Gasteiger partial charge in [-0.25, -0.2) is 17.1 Å². The molecule has 20 heavy (non-hydrogen) atoms. The molecule has 1 aliphatic heterocycles. The van der Waals surface area contributed by atoms with Crippen LogP contribution < -0.4 is 5.32 Å². The van der Waals surface area contributed by atoms with Crippen LogP contribution in [-0.2, 0) is 10.0 Å². The van der Waals surface area contributed by atoms with Crippen LogP contribution in [0, 0.1) is 11.7 Å². The van der Waals surface area contributed by atoms with Crippen molar-refractivity contribution in [1.82, 2.24) is 4.31 Å². The fourth-order valence-corrected chi connectivity index (χ4v) is 3.56. The third-order valence-electron chi connectivity index (χ3n) is 3.46. The average Bonchev–Trinajstić information content (AvgIpc) is 2.37. The second kappa shape index (κ2) is 6.28. The third-order valence-corrected chi connectivity index (χ3v) is 5.05. The van der Waals surface area contributed by atoms with E-state index >= 15 is 0 Å². The monoisotopic (exact) mass is 320 g/mol. The lowest BCUT2D eigenvalue weighted by Crippen LogP contribution is -2.41. The number of piperidine rings is 1. The van der Waals surface area contributed by atoms with Gasteiger partial charge in [0.2, 0.25) is 10.0 Å². The topological polar surface area (TPSA) is 49.4 Å². The van der Waals surface area contributed by atoms with Crippen molar-refractivity contribution in [3.63, 3.8) is 0 Å². The van der Waals surface area contributed by atoms with Crippen LogP contribution in [0.5, 0.6) is 0 Å². The van der Waals surface area contributed by atoms with Crippen LogP contribution in [-0.4, -0.2) is 38.6 Å². The molecule has 112 valence electrons. The Hall–Kier alpha value is -0.850. The van der Waals surface area contributed by atoms with Crippen molar-refractivity contribution in [2.75, 3.05) is 31.2 Å². The molecule has 0 radical (unpaired) electrons. The van der Waals surface area contributed by atoms with Gasteiger partial charge in [0.1, 0.15) is 5.82 Å². The summed E-state index contributed by atoms with van der Waals surface area (Å²) in [6.45, 7) is 1.73. The van der Waals surface area contributed by atoms with Gasteiger partial charge in [-0.15, -0.1) is 0 Å². The zero-order valence-corrected chi connectivity index (χ0v) is 12.8. The maximum absolute atomic E-state index is 12.9. The minimum absolute atomic E-state index is 0.236. The summed E-state index contributed by atoms with van der Waals surface area (Å²) in [5, 5.41) is 3.50. The van der Waals surface area contributed by atoms with Crippen molar-refractivity contribution >= 4 is 27.3 Å². The highest BCUT2D eigenvalue weighted by Gasteiger charge is 2.25. The molecule has 0 spiro atoms. The molecule has 1 saturated heterocycles. The minimum Gasteiger partial charge on any atom is -0.384 e. The van der Waals surface area contributed by atoms with Crippen molar-refractivity contribution in [3.05, 3.63) is 29.0 Å². The fraction of sp³-hybridized carbons (Fsp3) is 0.538. The van der Waals surface area contributed by atoms with Crippen LogP contribution in [0.15, 0.2) is 18.2 Å². The lowest BCUT2D eigenvalue weighted by atomic mass is 9.99. The summed E-state index contributed by atoms with van der Waals surface area (Å²) in [5.74, 6) is -0.138. The Morgan fingerprint density at radius 1 is 1.50 bits per heavy atom. The van der Waals surface area contributed by atoms with Gasteiger partial charge in [-0.05, 0) is 37.0 Å². The Labute approximate surface area is 124 Å². The van der Waals surface area contributed by atoms with Crippen LogP contribution in [0.25, 0.3) is 0 Å². The molecule has 0 amide bonds. The highest BCUT2D eigenvalue weighted by Crippen LogP contribution is 2.24. The summed E-state index contributed by atoms with van der Waals surface area (Å²) in [7, 11) is -3.13. The molecule has 4 nitrogen and oxygen atoms in total. The molecule has 1 unspecified atom stereocenters. The number of benzene rings is 1. The van der Waals surface area contributed by atoms with Crippen molar-refractivity contribution in [2.45, 2.75) is 12.8 Å². The van der Waals surface area contributed by atoms with E-state index in [1.54, 1.807) is 6.07 Å². The van der Waals surface area contributed by atoms with Crippen LogP contribution in [0.4, 0.5) is 10.1 Å². The highest BCUT2D eigenvalue weighted by atomic mass is 35.5. The molecule has 1 fully saturated rings. The van der Waals surface area contributed by atoms with Gasteiger partial charge in [0.05, 0.1) is 17.0 Å². The van der Waals surface area contributed by atoms with E-state index in [1.165, 1.54) is 22.7 Å². The van der Waals surface area contributed by atoms with E-state index in [2.05, 4.69) is 5.32 Å². The van der Waals surface area contributed by atoms with Gasteiger partial charge in [-0.1, -0.05) is 11.6 Å². The van der Waals surface area contributed by atoms with Gasteiger partial charge in [-0.3, -0.25) is 0 Å². The molecule has 1 aliphatic rings. The molecule has 2 rings (SSSR count). The number of nitrogens with one attached hydrogen (secondary N) is 1. The Balaban J connectivity index is 1.94. The number of rotatable bonds is 4. The normalized spacial score (nSPS) is 20.9. The molecule has 0 saturated carbocycles. The van der Waals surface area contributed by atoms with Crippen molar-refractivity contribution < 1.29 is 12.8 Å². The molecule has 1 N–H and O–H groups in total. The molecule has 1 heterocycles. The summed E-state index contributed by atoms with van der Waals surface area (Å²) in [4.78, 5) is 0. The molecule has 1 aromatic rings. The fourth-order valence-electron chi connectivity index (χ4n) is 2.38. The number of halogens is 2. The molecule has 0 aliphatic carbocycles. The Morgan fingerprint density at radius 2 is 2.25 bits per heavy atom. The predicted molar refractivity (Wildman–Crippen MR) is 79.0 cm³/mol. The number of anilines is 1. The van der Waals surface area contributed by atoms with Crippen molar-refractivity contribution in [3.8, 4) is 0 Å². The van der Waals surface area contributed by atoms with E-state index in [-0.39, 0.29) is 11.7 Å². The Kier molecular flexibility index (Phi) is 4.88. The first-order chi connectivity index (χ1) is 9.36. The number of nitrogens with zero attached hydrogens (tertiary/aromatic N) is 1. The number of hydrogen-bond donors (Lipinski definition) is 1. The first-order valence-corrected chi connectivity index (χ1v) is 8.73. The predicted octanol–water partition coefficient (Wildman–Crippen LogP) is 2.56. The summed E-state index contributed by atoms with van der Waals surface area (Å²) in [6.07, 6.45) is 3.06. The molecule has 1 aromatic carbocycles. The van der Waals surface area contributed by atoms with Crippen LogP contribution in [0.1, 0.15) is 12.8 Å². The largest absolute Gasteiger partial charge is 0.384 e. The molecule has 1 atom stereocenters. The Bertz CT molecular complexity index is 580. The van der Waals surface area contributed by atoms with Crippen molar-refractivity contribution in [1.29, 1.82) is 0 Å². The van der Waals surface area contributed by atoms with E-state index in [4.69, 9.17) is 11.6 Å². The molecular formula is C13H18ClFN2O2S. The second-order valence-corrected chi connectivity index (χ2v) is 7.52. The number of sulfonamides is 1. The van der Waals surface area contributed by atoms with E-state index < -0.39 is 10.0 Å². The van der Waals surface area contributed by atoms with E-state index in [1.807, 2.05) is 0 Å². The lowest BCUT2D eigenvalue weighted by Gasteiger charge is -2.31. The first kappa shape index (κ1) is 15.5. The van der Waals surface area contributed by atoms with E-state index in [0.29, 0.717) is 30.3 Å². The van der Waals surface area contributed by atoms with Crippen LogP contribution >= 0.6 is 11.6 Å². The minimum atomic E-state index is -3.13. The van der Waals surface area contributed by atoms with Gasteiger partial charge in [0.25, 0.3) is 0 Å². The van der Waals surface area contributed by atoms with Crippen LogP contribution in [0.2, 0.25) is 5.02 Å². The average molecular weight is 321 g/mol. The van der Waals surface area contributed by atoms with E-state index in [0.717, 1.165) is 12.8 Å². The standard InChI is InChI=1S/C13H18ClFN2O2S/c1-20(18,19)17-6-2-3-10(9-17)8-16-13-5-4-11(15)7-12(13)14/h4-5,7,10,16H,2-3,6,8-9H2,1H3. The van der Waals surface area contributed by atoms with Gasteiger partial charge in [-0.2, -0.15) is 0 Å². The third kappa shape index (κ3) is 4.07. The molecule has 7 heteroatoms. The van der Waals surface area contributed by atoms with Gasteiger partial charge in [0, 0.05) is 19.6 Å². The smallest absolute Gasteiger partial charge is 0.211 e. The zero-order chi connectivity index (χ0) is 14.8. The SMILES string of the molecule is CS(=O)(=O)N1CCCC(CNc2ccc(F)cc2Cl)C1. The quantitative estimate of drug-likeness (QED) is 0.927. The first-order valence-electron chi connectivity index (χ1n) is 6.50. The number of hydrogen-bond acceptors (Lipinski definition) is 3. The van der Waals surface area contributed by atoms with E-state index in [9.17, 15) is 12.8 Å². The summed E-state index contributed by atoms with van der Waals surface area (Å²) in [6, 6.07) is 4.19. The molecule has 0 bridgehead atoms. The Morgan fingerprint density at radius 3 is 2.90 bits per heavy atom. The second-order valence-electron chi connectivity index (χ2n) is 5.13. The highest BCUT2D eigenvalue weighted by molar-refractivity contribution is 7.88. The lowest BCUT2D eigenvalue weighted by molar-refractivity contribution is 0.277. The van der Waals surface area contributed by atoms with Crippen molar-refractivity contribution in [2.24, 2.45) is 5.92 Å².